The molecule has 1 heterocycles. The SMILES string of the molecule is CCOC(=O)C(Br)(Br)c1nc2cc(C)c(C)cc2[nH]1. The zero-order chi connectivity index (χ0) is 14.2. The number of nitrogens with one attached hydrogen (secondary N) is 1. The Morgan fingerprint density at radius 2 is 2.00 bits per heavy atom. The molecule has 0 radical (unpaired) electrons. The van der Waals surface area contributed by atoms with Gasteiger partial charge in [-0.3, -0.25) is 0 Å². The highest BCUT2D eigenvalue weighted by molar-refractivity contribution is 9.25. The smallest absolute Gasteiger partial charge is 0.341 e. The van der Waals surface area contributed by atoms with Crippen LogP contribution in [0, 0.1) is 13.8 Å². The summed E-state index contributed by atoms with van der Waals surface area (Å²) in [7, 11) is 0. The largest absolute Gasteiger partial charge is 0.464 e. The van der Waals surface area contributed by atoms with E-state index in [1.165, 1.54) is 5.56 Å². The maximum Gasteiger partial charge on any atom is 0.341 e. The summed E-state index contributed by atoms with van der Waals surface area (Å²) < 4.78 is 3.87. The lowest BCUT2D eigenvalue weighted by molar-refractivity contribution is -0.143. The van der Waals surface area contributed by atoms with Crippen LogP contribution < -0.4 is 0 Å². The van der Waals surface area contributed by atoms with Gasteiger partial charge >= 0.3 is 5.97 Å². The fourth-order valence-electron chi connectivity index (χ4n) is 1.74. The summed E-state index contributed by atoms with van der Waals surface area (Å²) in [6, 6.07) is 4.01. The Kier molecular flexibility index (Phi) is 4.01. The van der Waals surface area contributed by atoms with Gasteiger partial charge < -0.3 is 9.72 Å². The molecule has 2 aromatic rings. The molecule has 0 bridgehead atoms. The van der Waals surface area contributed by atoms with Crippen molar-refractivity contribution >= 4 is 48.9 Å². The third-order valence-electron chi connectivity index (χ3n) is 2.93. The molecule has 0 fully saturated rings. The van der Waals surface area contributed by atoms with Gasteiger partial charge in [0.15, 0.2) is 0 Å². The molecule has 0 unspecified atom stereocenters. The predicted octanol–water partition coefficient (Wildman–Crippen LogP) is 3.69. The second kappa shape index (κ2) is 5.25. The van der Waals surface area contributed by atoms with Gasteiger partial charge in [-0.25, -0.2) is 9.78 Å². The standard InChI is InChI=1S/C13H14Br2N2O2/c1-4-19-12(18)13(14,15)11-16-9-5-7(2)8(3)6-10(9)17-11/h5-6H,4H2,1-3H3,(H,16,17). The highest BCUT2D eigenvalue weighted by atomic mass is 79.9. The second-order valence-electron chi connectivity index (χ2n) is 4.33. The molecule has 0 amide bonds. The number of carbonyl (C=O) groups is 1. The number of ether oxygens (including phenoxy) is 1. The number of alkyl halides is 2. The van der Waals surface area contributed by atoms with Crippen molar-refractivity contribution in [3.05, 3.63) is 29.1 Å². The zero-order valence-electron chi connectivity index (χ0n) is 10.9. The number of imidazole rings is 1. The summed E-state index contributed by atoms with van der Waals surface area (Å²) in [6.07, 6.45) is 0. The summed E-state index contributed by atoms with van der Waals surface area (Å²) in [6.45, 7) is 6.15. The number of benzene rings is 1. The number of hydrogen-bond acceptors (Lipinski definition) is 3. The van der Waals surface area contributed by atoms with Crippen LogP contribution in [0.5, 0.6) is 0 Å². The van der Waals surface area contributed by atoms with Crippen LogP contribution in [-0.2, 0) is 12.8 Å². The van der Waals surface area contributed by atoms with Gasteiger partial charge in [0.1, 0.15) is 5.82 Å². The van der Waals surface area contributed by atoms with Gasteiger partial charge in [0.25, 0.3) is 0 Å². The number of halogens is 2. The fraction of sp³-hybridized carbons (Fsp3) is 0.385. The summed E-state index contributed by atoms with van der Waals surface area (Å²) in [5, 5.41) is 0. The van der Waals surface area contributed by atoms with E-state index in [-0.39, 0.29) is 0 Å². The molecule has 0 atom stereocenters. The Morgan fingerprint density at radius 3 is 2.63 bits per heavy atom. The Hall–Kier alpha value is -0.880. The highest BCUT2D eigenvalue weighted by Crippen LogP contribution is 2.38. The summed E-state index contributed by atoms with van der Waals surface area (Å²) in [4.78, 5) is 19.5. The number of hydrogen-bond donors (Lipinski definition) is 1. The van der Waals surface area contributed by atoms with E-state index in [0.29, 0.717) is 12.4 Å². The average molecular weight is 390 g/mol. The van der Waals surface area contributed by atoms with E-state index in [2.05, 4.69) is 41.8 Å². The minimum Gasteiger partial charge on any atom is -0.464 e. The van der Waals surface area contributed by atoms with Crippen LogP contribution in [0.1, 0.15) is 23.9 Å². The quantitative estimate of drug-likeness (QED) is 0.643. The van der Waals surface area contributed by atoms with Crippen LogP contribution >= 0.6 is 31.9 Å². The van der Waals surface area contributed by atoms with Gasteiger partial charge in [-0.15, -0.1) is 0 Å². The number of carbonyl (C=O) groups excluding carboxylic acids is 1. The van der Waals surface area contributed by atoms with E-state index in [1.807, 2.05) is 26.0 Å². The number of rotatable bonds is 3. The molecule has 0 saturated heterocycles. The van der Waals surface area contributed by atoms with Gasteiger partial charge in [0.2, 0.25) is 3.23 Å². The van der Waals surface area contributed by atoms with Gasteiger partial charge in [0.05, 0.1) is 17.6 Å². The monoisotopic (exact) mass is 388 g/mol. The minimum atomic E-state index is -1.14. The Morgan fingerprint density at radius 1 is 1.37 bits per heavy atom. The van der Waals surface area contributed by atoms with Crippen molar-refractivity contribution in [1.82, 2.24) is 9.97 Å². The van der Waals surface area contributed by atoms with Crippen molar-refractivity contribution in [1.29, 1.82) is 0 Å². The summed E-state index contributed by atoms with van der Waals surface area (Å²) in [5.41, 5.74) is 4.06. The lowest BCUT2D eigenvalue weighted by Gasteiger charge is -2.15. The maximum absolute atomic E-state index is 11.9. The first-order chi connectivity index (χ1) is 8.86. The molecular weight excluding hydrogens is 376 g/mol. The van der Waals surface area contributed by atoms with Gasteiger partial charge in [-0.1, -0.05) is 31.9 Å². The van der Waals surface area contributed by atoms with E-state index in [9.17, 15) is 4.79 Å². The molecule has 6 heteroatoms. The molecule has 2 rings (SSSR count). The molecular formula is C13H14Br2N2O2. The summed E-state index contributed by atoms with van der Waals surface area (Å²) >= 11 is 6.64. The molecule has 19 heavy (non-hydrogen) atoms. The van der Waals surface area contributed by atoms with E-state index in [4.69, 9.17) is 4.74 Å². The molecule has 1 aromatic heterocycles. The number of aromatic amines is 1. The Labute approximate surface area is 128 Å². The molecule has 4 nitrogen and oxygen atoms in total. The van der Waals surface area contributed by atoms with Crippen LogP contribution in [0.15, 0.2) is 12.1 Å². The molecule has 1 aromatic carbocycles. The van der Waals surface area contributed by atoms with Crippen LogP contribution in [-0.4, -0.2) is 22.5 Å². The van der Waals surface area contributed by atoms with Gasteiger partial charge in [-0.05, 0) is 44.0 Å². The van der Waals surface area contributed by atoms with Crippen molar-refractivity contribution in [2.24, 2.45) is 0 Å². The predicted molar refractivity (Wildman–Crippen MR) is 81.7 cm³/mol. The van der Waals surface area contributed by atoms with E-state index in [0.717, 1.165) is 16.6 Å². The zero-order valence-corrected chi connectivity index (χ0v) is 14.1. The van der Waals surface area contributed by atoms with Crippen molar-refractivity contribution in [3.63, 3.8) is 0 Å². The molecule has 0 aliphatic carbocycles. The van der Waals surface area contributed by atoms with Crippen molar-refractivity contribution in [2.75, 3.05) is 6.61 Å². The topological polar surface area (TPSA) is 55.0 Å². The number of esters is 1. The number of nitrogens with zero attached hydrogens (tertiary/aromatic N) is 1. The van der Waals surface area contributed by atoms with Crippen LogP contribution in [0.25, 0.3) is 11.0 Å². The Balaban J connectivity index is 2.48. The number of H-pyrrole nitrogens is 1. The molecule has 1 N–H and O–H groups in total. The highest BCUT2D eigenvalue weighted by Gasteiger charge is 2.39. The van der Waals surface area contributed by atoms with E-state index >= 15 is 0 Å². The fourth-order valence-corrected chi connectivity index (χ4v) is 2.34. The molecule has 102 valence electrons. The third-order valence-corrected chi connectivity index (χ3v) is 4.33. The average Bonchev–Trinajstić information content (AvgIpc) is 2.73. The van der Waals surface area contributed by atoms with Crippen molar-refractivity contribution < 1.29 is 9.53 Å². The molecule has 0 aliphatic heterocycles. The van der Waals surface area contributed by atoms with E-state index < -0.39 is 9.20 Å². The lowest BCUT2D eigenvalue weighted by atomic mass is 10.1. The van der Waals surface area contributed by atoms with Gasteiger partial charge in [0, 0.05) is 0 Å². The number of aryl methyl sites for hydroxylation is 2. The van der Waals surface area contributed by atoms with E-state index in [1.54, 1.807) is 6.92 Å². The van der Waals surface area contributed by atoms with Crippen molar-refractivity contribution in [3.8, 4) is 0 Å². The van der Waals surface area contributed by atoms with Crippen molar-refractivity contribution in [2.45, 2.75) is 24.0 Å². The molecule has 0 saturated carbocycles. The Bertz CT molecular complexity index is 596. The molecule has 0 aliphatic rings. The normalized spacial score (nSPS) is 11.8. The number of aromatic nitrogens is 2. The van der Waals surface area contributed by atoms with Crippen LogP contribution in [0.2, 0.25) is 0 Å². The first-order valence-electron chi connectivity index (χ1n) is 5.88. The summed E-state index contributed by atoms with van der Waals surface area (Å²) in [5.74, 6) is 0.0495. The van der Waals surface area contributed by atoms with Crippen LogP contribution in [0.4, 0.5) is 0 Å². The first kappa shape index (κ1) is 14.5. The van der Waals surface area contributed by atoms with Crippen LogP contribution in [0.3, 0.4) is 0 Å². The first-order valence-corrected chi connectivity index (χ1v) is 7.47. The lowest BCUT2D eigenvalue weighted by Crippen LogP contribution is -2.26. The van der Waals surface area contributed by atoms with Gasteiger partial charge in [-0.2, -0.15) is 0 Å². The minimum absolute atomic E-state index is 0.316. The molecule has 0 spiro atoms. The maximum atomic E-state index is 11.9. The number of fused-ring (bicyclic) bond motifs is 1. The second-order valence-corrected chi connectivity index (χ2v) is 7.78. The third kappa shape index (κ3) is 2.69.